The number of nitrogens with zero attached hydrogens (tertiary/aromatic N) is 1. The second kappa shape index (κ2) is 7.04. The van der Waals surface area contributed by atoms with Gasteiger partial charge >= 0.3 is 0 Å². The van der Waals surface area contributed by atoms with Gasteiger partial charge in [0.2, 0.25) is 0 Å². The monoisotopic (exact) mass is 313 g/mol. The van der Waals surface area contributed by atoms with Crippen LogP contribution in [-0.4, -0.2) is 15.9 Å². The first-order valence-corrected chi connectivity index (χ1v) is 7.35. The summed E-state index contributed by atoms with van der Waals surface area (Å²) in [7, 11) is 0. The summed E-state index contributed by atoms with van der Waals surface area (Å²) in [4.78, 5) is 0. The molecule has 0 atom stereocenters. The molecule has 0 spiro atoms. The predicted octanol–water partition coefficient (Wildman–Crippen LogP) is 3.72. The van der Waals surface area contributed by atoms with E-state index in [4.69, 9.17) is 12.2 Å². The minimum atomic E-state index is 0.193. The third-order valence-electron chi connectivity index (χ3n) is 3.47. The molecule has 0 saturated carbocycles. The van der Waals surface area contributed by atoms with Gasteiger partial charge in [0.05, 0.1) is 5.71 Å². The number of hydrazone groups is 1. The molecular formula is C17H19N3OS. The van der Waals surface area contributed by atoms with E-state index in [0.717, 1.165) is 11.3 Å². The number of aryl methyl sites for hydroxylation is 1. The van der Waals surface area contributed by atoms with Crippen LogP contribution in [0.25, 0.3) is 0 Å². The number of aromatic hydroxyl groups is 1. The van der Waals surface area contributed by atoms with Gasteiger partial charge in [-0.05, 0) is 62.3 Å². The van der Waals surface area contributed by atoms with E-state index < -0.39 is 0 Å². The fourth-order valence-electron chi connectivity index (χ4n) is 2.01. The molecule has 0 heterocycles. The second-order valence-corrected chi connectivity index (χ2v) is 5.44. The largest absolute Gasteiger partial charge is 0.507 e. The molecule has 3 N–H and O–H groups in total. The Kier molecular flexibility index (Phi) is 5.12. The molecule has 2 aromatic rings. The normalized spacial score (nSPS) is 11.1. The van der Waals surface area contributed by atoms with Crippen LogP contribution >= 0.6 is 12.2 Å². The Morgan fingerprint density at radius 3 is 2.55 bits per heavy atom. The van der Waals surface area contributed by atoms with Crippen molar-refractivity contribution in [3.63, 3.8) is 0 Å². The molecule has 22 heavy (non-hydrogen) atoms. The van der Waals surface area contributed by atoms with Gasteiger partial charge in [-0.1, -0.05) is 24.3 Å². The highest BCUT2D eigenvalue weighted by Crippen LogP contribution is 2.18. The van der Waals surface area contributed by atoms with Gasteiger partial charge in [0, 0.05) is 11.3 Å². The van der Waals surface area contributed by atoms with Gasteiger partial charge in [-0.2, -0.15) is 5.10 Å². The lowest BCUT2D eigenvalue weighted by Gasteiger charge is -2.12. The lowest BCUT2D eigenvalue weighted by atomic mass is 10.1. The van der Waals surface area contributed by atoms with E-state index in [-0.39, 0.29) is 5.75 Å². The molecule has 0 fully saturated rings. The summed E-state index contributed by atoms with van der Waals surface area (Å²) in [6.07, 6.45) is 0. The second-order valence-electron chi connectivity index (χ2n) is 5.03. The number of phenols is 1. The maximum atomic E-state index is 9.79. The van der Waals surface area contributed by atoms with Crippen LogP contribution in [0.1, 0.15) is 23.6 Å². The van der Waals surface area contributed by atoms with Gasteiger partial charge in [-0.25, -0.2) is 0 Å². The summed E-state index contributed by atoms with van der Waals surface area (Å²) in [5.74, 6) is 0.193. The summed E-state index contributed by atoms with van der Waals surface area (Å²) in [6, 6.07) is 13.0. The zero-order chi connectivity index (χ0) is 16.1. The van der Waals surface area contributed by atoms with Crippen LogP contribution in [0.5, 0.6) is 5.75 Å². The Hall–Kier alpha value is -2.40. The van der Waals surface area contributed by atoms with Gasteiger partial charge < -0.3 is 10.4 Å². The molecule has 0 unspecified atom stereocenters. The van der Waals surface area contributed by atoms with Crippen LogP contribution in [0, 0.1) is 13.8 Å². The van der Waals surface area contributed by atoms with Crippen LogP contribution in [-0.2, 0) is 0 Å². The number of benzene rings is 2. The number of phenolic OH excluding ortho intramolecular Hbond substituents is 1. The zero-order valence-corrected chi connectivity index (χ0v) is 13.7. The molecule has 0 amide bonds. The topological polar surface area (TPSA) is 56.7 Å². The molecular weight excluding hydrogens is 294 g/mol. The van der Waals surface area contributed by atoms with E-state index in [1.54, 1.807) is 18.2 Å². The summed E-state index contributed by atoms with van der Waals surface area (Å²) in [5, 5.41) is 17.5. The van der Waals surface area contributed by atoms with Crippen LogP contribution in [0.2, 0.25) is 0 Å². The molecule has 0 aliphatic heterocycles. The summed E-state index contributed by atoms with van der Waals surface area (Å²) in [5.41, 5.74) is 7.42. The minimum Gasteiger partial charge on any atom is -0.507 e. The number of para-hydroxylation sites is 1. The van der Waals surface area contributed by atoms with Crippen molar-refractivity contribution in [3.8, 4) is 5.75 Å². The Morgan fingerprint density at radius 2 is 1.82 bits per heavy atom. The maximum Gasteiger partial charge on any atom is 0.191 e. The number of thiocarbonyl (C=S) groups is 1. The SMILES string of the molecule is C/C(=N\NC(=S)Nc1cccc(C)c1C)c1ccccc1O. The first-order valence-electron chi connectivity index (χ1n) is 6.95. The smallest absolute Gasteiger partial charge is 0.191 e. The van der Waals surface area contributed by atoms with Gasteiger partial charge in [-0.15, -0.1) is 0 Å². The van der Waals surface area contributed by atoms with E-state index in [1.807, 2.05) is 32.0 Å². The fraction of sp³-hybridized carbons (Fsp3) is 0.176. The van der Waals surface area contributed by atoms with Gasteiger partial charge in [0.1, 0.15) is 5.75 Å². The van der Waals surface area contributed by atoms with Crippen molar-refractivity contribution in [2.45, 2.75) is 20.8 Å². The number of nitrogens with one attached hydrogen (secondary N) is 2. The highest BCUT2D eigenvalue weighted by molar-refractivity contribution is 7.80. The van der Waals surface area contributed by atoms with Crippen LogP contribution < -0.4 is 10.7 Å². The first kappa shape index (κ1) is 16.0. The van der Waals surface area contributed by atoms with Crippen molar-refractivity contribution in [1.82, 2.24) is 5.43 Å². The average Bonchev–Trinajstić information content (AvgIpc) is 2.50. The number of anilines is 1. The Balaban J connectivity index is 2.05. The third kappa shape index (κ3) is 3.83. The van der Waals surface area contributed by atoms with E-state index in [2.05, 4.69) is 28.8 Å². The molecule has 114 valence electrons. The third-order valence-corrected chi connectivity index (χ3v) is 3.67. The van der Waals surface area contributed by atoms with Crippen LogP contribution in [0.15, 0.2) is 47.6 Å². The van der Waals surface area contributed by atoms with E-state index in [1.165, 1.54) is 5.56 Å². The first-order chi connectivity index (χ1) is 10.5. The van der Waals surface area contributed by atoms with Gasteiger partial charge in [0.15, 0.2) is 5.11 Å². The molecule has 0 saturated heterocycles. The van der Waals surface area contributed by atoms with E-state index in [0.29, 0.717) is 16.4 Å². The van der Waals surface area contributed by atoms with Crippen molar-refractivity contribution in [1.29, 1.82) is 0 Å². The number of rotatable bonds is 3. The molecule has 4 nitrogen and oxygen atoms in total. The zero-order valence-electron chi connectivity index (χ0n) is 12.8. The van der Waals surface area contributed by atoms with Crippen LogP contribution in [0.3, 0.4) is 0 Å². The summed E-state index contributed by atoms with van der Waals surface area (Å²) >= 11 is 5.25. The van der Waals surface area contributed by atoms with Crippen LogP contribution in [0.4, 0.5) is 5.69 Å². The summed E-state index contributed by atoms with van der Waals surface area (Å²) < 4.78 is 0. The molecule has 5 heteroatoms. The van der Waals surface area contributed by atoms with Gasteiger partial charge in [0.25, 0.3) is 0 Å². The molecule has 0 bridgehead atoms. The molecule has 2 aromatic carbocycles. The minimum absolute atomic E-state index is 0.193. The quantitative estimate of drug-likeness (QED) is 0.459. The lowest BCUT2D eigenvalue weighted by molar-refractivity contribution is 0.474. The Bertz CT molecular complexity index is 726. The predicted molar refractivity (Wildman–Crippen MR) is 95.6 cm³/mol. The summed E-state index contributed by atoms with van der Waals surface area (Å²) in [6.45, 7) is 5.90. The Labute approximate surface area is 135 Å². The molecule has 0 aliphatic rings. The van der Waals surface area contributed by atoms with Crippen molar-refractivity contribution < 1.29 is 5.11 Å². The van der Waals surface area contributed by atoms with E-state index >= 15 is 0 Å². The molecule has 2 rings (SSSR count). The lowest BCUT2D eigenvalue weighted by Crippen LogP contribution is -2.25. The maximum absolute atomic E-state index is 9.79. The van der Waals surface area contributed by atoms with E-state index in [9.17, 15) is 5.11 Å². The van der Waals surface area contributed by atoms with Gasteiger partial charge in [-0.3, -0.25) is 5.43 Å². The standard InChI is InChI=1S/C17H19N3OS/c1-11-7-6-9-15(12(11)2)18-17(22)20-19-13(3)14-8-4-5-10-16(14)21/h4-10,21H,1-3H3,(H2,18,20,22)/b19-13+. The number of hydrogen-bond acceptors (Lipinski definition) is 3. The van der Waals surface area contributed by atoms with Crippen molar-refractivity contribution in [2.24, 2.45) is 5.10 Å². The molecule has 0 radical (unpaired) electrons. The molecule has 0 aliphatic carbocycles. The van der Waals surface area contributed by atoms with Crippen molar-refractivity contribution >= 4 is 28.7 Å². The highest BCUT2D eigenvalue weighted by atomic mass is 32.1. The van der Waals surface area contributed by atoms with Crippen molar-refractivity contribution in [2.75, 3.05) is 5.32 Å². The van der Waals surface area contributed by atoms with Crippen molar-refractivity contribution in [3.05, 3.63) is 59.2 Å². The molecule has 0 aromatic heterocycles. The highest BCUT2D eigenvalue weighted by Gasteiger charge is 2.05. The Morgan fingerprint density at radius 1 is 1.09 bits per heavy atom. The average molecular weight is 313 g/mol. The fourth-order valence-corrected chi connectivity index (χ4v) is 2.17. The number of hydrogen-bond donors (Lipinski definition) is 3.